The Morgan fingerprint density at radius 1 is 1.25 bits per heavy atom. The fourth-order valence-electron chi connectivity index (χ4n) is 1.72. The number of rotatable bonds is 2. The zero-order valence-corrected chi connectivity index (χ0v) is 14.3. The zero-order valence-electron chi connectivity index (χ0n) is 10.6. The Hall–Kier alpha value is -1.39. The minimum absolute atomic E-state index is 0.0830. The topological polar surface area (TPSA) is 44.1 Å². The van der Waals surface area contributed by atoms with Gasteiger partial charge in [-0.2, -0.15) is 5.26 Å². The minimum Gasteiger partial charge on any atom is -0.311 e. The Kier molecular flexibility index (Phi) is 4.78. The van der Waals surface area contributed by atoms with Crippen molar-refractivity contribution in [3.8, 4) is 6.07 Å². The Labute approximate surface area is 139 Å². The number of carbonyl (C=O) groups excluding carboxylic acids is 1. The van der Waals surface area contributed by atoms with Crippen LogP contribution in [-0.2, 0) is 0 Å². The average molecular weight is 441 g/mol. The maximum atomic E-state index is 12.5. The molecule has 0 bridgehead atoms. The number of nitrogens with zero attached hydrogens (tertiary/aromatic N) is 2. The van der Waals surface area contributed by atoms with Gasteiger partial charge < -0.3 is 4.90 Å². The zero-order chi connectivity index (χ0) is 14.7. The van der Waals surface area contributed by atoms with Crippen molar-refractivity contribution in [1.29, 1.82) is 5.26 Å². The first kappa shape index (κ1) is 15.0. The maximum absolute atomic E-state index is 12.5. The number of carbonyl (C=O) groups is 1. The molecule has 100 valence electrons. The summed E-state index contributed by atoms with van der Waals surface area (Å²) in [6.07, 6.45) is 0. The van der Waals surface area contributed by atoms with Crippen molar-refractivity contribution in [2.45, 2.75) is 0 Å². The van der Waals surface area contributed by atoms with Crippen molar-refractivity contribution in [2.75, 3.05) is 11.9 Å². The summed E-state index contributed by atoms with van der Waals surface area (Å²) in [5.41, 5.74) is 1.98. The average Bonchev–Trinajstić information content (AvgIpc) is 2.48. The first-order valence-electron chi connectivity index (χ1n) is 5.76. The number of amides is 1. The summed E-state index contributed by atoms with van der Waals surface area (Å²) in [6.45, 7) is 0. The third-order valence-electron chi connectivity index (χ3n) is 2.85. The number of halogens is 2. The molecule has 20 heavy (non-hydrogen) atoms. The molecule has 0 aliphatic heterocycles. The molecule has 0 saturated heterocycles. The van der Waals surface area contributed by atoms with E-state index >= 15 is 0 Å². The van der Waals surface area contributed by atoms with Gasteiger partial charge in [0.15, 0.2) is 0 Å². The van der Waals surface area contributed by atoms with Crippen LogP contribution in [0.25, 0.3) is 0 Å². The summed E-state index contributed by atoms with van der Waals surface area (Å²) in [5.74, 6) is -0.0830. The lowest BCUT2D eigenvalue weighted by molar-refractivity contribution is 0.0992. The van der Waals surface area contributed by atoms with Crippen LogP contribution in [0.1, 0.15) is 15.9 Å². The Balaban J connectivity index is 2.32. The molecule has 0 N–H and O–H groups in total. The number of nitriles is 1. The van der Waals surface area contributed by atoms with Crippen LogP contribution in [0, 0.1) is 14.9 Å². The van der Waals surface area contributed by atoms with Gasteiger partial charge in [-0.3, -0.25) is 4.79 Å². The van der Waals surface area contributed by atoms with E-state index in [9.17, 15) is 4.79 Å². The lowest BCUT2D eigenvalue weighted by Crippen LogP contribution is -2.26. The van der Waals surface area contributed by atoms with E-state index in [1.54, 1.807) is 36.2 Å². The highest BCUT2D eigenvalue weighted by molar-refractivity contribution is 14.1. The molecule has 2 aromatic rings. The van der Waals surface area contributed by atoms with Gasteiger partial charge >= 0.3 is 0 Å². The molecule has 0 atom stereocenters. The normalized spacial score (nSPS) is 9.90. The van der Waals surface area contributed by atoms with Gasteiger partial charge in [-0.1, -0.05) is 15.9 Å². The van der Waals surface area contributed by atoms with Crippen molar-refractivity contribution >= 4 is 50.1 Å². The molecule has 0 spiro atoms. The van der Waals surface area contributed by atoms with E-state index in [-0.39, 0.29) is 5.91 Å². The second kappa shape index (κ2) is 6.37. The second-order valence-corrected chi connectivity index (χ2v) is 6.22. The van der Waals surface area contributed by atoms with E-state index in [1.165, 1.54) is 0 Å². The van der Waals surface area contributed by atoms with Gasteiger partial charge in [-0.15, -0.1) is 0 Å². The highest BCUT2D eigenvalue weighted by Crippen LogP contribution is 2.22. The molecule has 0 aliphatic rings. The summed E-state index contributed by atoms with van der Waals surface area (Å²) >= 11 is 5.52. The molecule has 1 amide bonds. The molecular weight excluding hydrogens is 431 g/mol. The molecule has 0 heterocycles. The molecular formula is C15H10BrIN2O. The number of benzene rings is 2. The summed E-state index contributed by atoms with van der Waals surface area (Å²) in [4.78, 5) is 14.1. The van der Waals surface area contributed by atoms with Gasteiger partial charge in [0, 0.05) is 20.8 Å². The van der Waals surface area contributed by atoms with Gasteiger partial charge in [0.25, 0.3) is 5.91 Å². The first-order chi connectivity index (χ1) is 9.52. The molecule has 0 aromatic heterocycles. The summed E-state index contributed by atoms with van der Waals surface area (Å²) < 4.78 is 1.77. The number of hydrogen-bond acceptors (Lipinski definition) is 2. The predicted octanol–water partition coefficient (Wildman–Crippen LogP) is 4.20. The van der Waals surface area contributed by atoms with Gasteiger partial charge in [0.1, 0.15) is 0 Å². The van der Waals surface area contributed by atoms with Crippen LogP contribution < -0.4 is 4.90 Å². The van der Waals surface area contributed by atoms with Crippen molar-refractivity contribution in [3.05, 3.63) is 61.6 Å². The van der Waals surface area contributed by atoms with E-state index in [0.717, 1.165) is 13.7 Å². The van der Waals surface area contributed by atoms with Crippen molar-refractivity contribution in [1.82, 2.24) is 0 Å². The Morgan fingerprint density at radius 2 is 1.90 bits per heavy atom. The van der Waals surface area contributed by atoms with E-state index in [4.69, 9.17) is 5.26 Å². The summed E-state index contributed by atoms with van der Waals surface area (Å²) in [5, 5.41) is 8.78. The fraction of sp³-hybridized carbons (Fsp3) is 0.0667. The lowest BCUT2D eigenvalue weighted by atomic mass is 10.1. The van der Waals surface area contributed by atoms with Crippen molar-refractivity contribution < 1.29 is 4.79 Å². The highest BCUT2D eigenvalue weighted by atomic mass is 127. The van der Waals surface area contributed by atoms with Crippen LogP contribution in [0.15, 0.2) is 46.9 Å². The molecule has 0 aliphatic carbocycles. The molecule has 2 aromatic carbocycles. The van der Waals surface area contributed by atoms with Gasteiger partial charge in [-0.25, -0.2) is 0 Å². The SMILES string of the molecule is CN(C(=O)c1cc(Br)ccc1I)c1ccc(C#N)cc1. The summed E-state index contributed by atoms with van der Waals surface area (Å²) in [6, 6.07) is 14.6. The highest BCUT2D eigenvalue weighted by Gasteiger charge is 2.16. The van der Waals surface area contributed by atoms with Gasteiger partial charge in [0.2, 0.25) is 0 Å². The molecule has 3 nitrogen and oxygen atoms in total. The minimum atomic E-state index is -0.0830. The quantitative estimate of drug-likeness (QED) is 0.657. The lowest BCUT2D eigenvalue weighted by Gasteiger charge is -2.18. The second-order valence-electron chi connectivity index (χ2n) is 4.15. The number of anilines is 1. The van der Waals surface area contributed by atoms with Crippen LogP contribution in [0.3, 0.4) is 0 Å². The van der Waals surface area contributed by atoms with E-state index in [1.807, 2.05) is 18.2 Å². The molecule has 0 saturated carbocycles. The number of hydrogen-bond donors (Lipinski definition) is 0. The standard InChI is InChI=1S/C15H10BrIN2O/c1-19(12-5-2-10(9-18)3-6-12)15(20)13-8-11(16)4-7-14(13)17/h2-8H,1H3. The third kappa shape index (κ3) is 3.19. The van der Waals surface area contributed by atoms with E-state index in [0.29, 0.717) is 11.1 Å². The van der Waals surface area contributed by atoms with Crippen LogP contribution in [0.4, 0.5) is 5.69 Å². The third-order valence-corrected chi connectivity index (χ3v) is 4.28. The predicted molar refractivity (Wildman–Crippen MR) is 90.7 cm³/mol. The maximum Gasteiger partial charge on any atom is 0.259 e. The van der Waals surface area contributed by atoms with Crippen LogP contribution >= 0.6 is 38.5 Å². The molecule has 0 fully saturated rings. The van der Waals surface area contributed by atoms with Gasteiger partial charge in [-0.05, 0) is 65.1 Å². The summed E-state index contributed by atoms with van der Waals surface area (Å²) in [7, 11) is 1.72. The van der Waals surface area contributed by atoms with E-state index < -0.39 is 0 Å². The smallest absolute Gasteiger partial charge is 0.259 e. The van der Waals surface area contributed by atoms with E-state index in [2.05, 4.69) is 44.6 Å². The molecule has 5 heteroatoms. The fourth-order valence-corrected chi connectivity index (χ4v) is 2.65. The van der Waals surface area contributed by atoms with Crippen LogP contribution in [-0.4, -0.2) is 13.0 Å². The Morgan fingerprint density at radius 3 is 2.50 bits per heavy atom. The largest absolute Gasteiger partial charge is 0.311 e. The molecule has 0 radical (unpaired) electrons. The van der Waals surface area contributed by atoms with Crippen LogP contribution in [0.5, 0.6) is 0 Å². The molecule has 0 unspecified atom stereocenters. The first-order valence-corrected chi connectivity index (χ1v) is 7.63. The van der Waals surface area contributed by atoms with Gasteiger partial charge in [0.05, 0.1) is 17.2 Å². The molecule has 2 rings (SSSR count). The van der Waals surface area contributed by atoms with Crippen molar-refractivity contribution in [2.24, 2.45) is 0 Å². The Bertz CT molecular complexity index is 692. The van der Waals surface area contributed by atoms with Crippen molar-refractivity contribution in [3.63, 3.8) is 0 Å². The van der Waals surface area contributed by atoms with Crippen LogP contribution in [0.2, 0.25) is 0 Å². The monoisotopic (exact) mass is 440 g/mol.